The Hall–Kier alpha value is -1.34. The average molecular weight is 304 g/mol. The molecule has 2 atom stereocenters. The maximum absolute atomic E-state index is 13.4. The van der Waals surface area contributed by atoms with E-state index in [-0.39, 0.29) is 0 Å². The molecule has 0 N–H and O–H groups in total. The molecule has 0 spiro atoms. The van der Waals surface area contributed by atoms with Crippen LogP contribution in [0.2, 0.25) is 0 Å². The maximum Gasteiger partial charge on any atom is 0.180 e. The molecule has 1 fully saturated rings. The number of sulfone groups is 1. The number of carbonyl (C=O) groups is 1. The van der Waals surface area contributed by atoms with Crippen LogP contribution in [0, 0.1) is 11.6 Å². The molecule has 0 aromatic heterocycles. The van der Waals surface area contributed by atoms with Crippen LogP contribution in [0.3, 0.4) is 0 Å². The van der Waals surface area contributed by atoms with Crippen molar-refractivity contribution in [2.24, 2.45) is 0 Å². The molecule has 0 amide bonds. The minimum absolute atomic E-state index is 0.322. The molecule has 1 heterocycles. The Bertz CT molecular complexity index is 627. The number of hydrogen-bond acceptors (Lipinski definition) is 4. The van der Waals surface area contributed by atoms with Gasteiger partial charge in [0.1, 0.15) is 17.4 Å². The fourth-order valence-electron chi connectivity index (χ4n) is 2.27. The highest BCUT2D eigenvalue weighted by molar-refractivity contribution is 7.92. The summed E-state index contributed by atoms with van der Waals surface area (Å²) in [5, 5.41) is -0.755. The summed E-state index contributed by atoms with van der Waals surface area (Å²) in [6.07, 6.45) is -0.159. The van der Waals surface area contributed by atoms with E-state index >= 15 is 0 Å². The molecule has 110 valence electrons. The number of halogens is 2. The van der Waals surface area contributed by atoms with Gasteiger partial charge in [0, 0.05) is 12.7 Å². The van der Waals surface area contributed by atoms with Gasteiger partial charge in [-0.3, -0.25) is 4.79 Å². The van der Waals surface area contributed by atoms with Crippen LogP contribution in [0.15, 0.2) is 18.2 Å². The smallest absolute Gasteiger partial charge is 0.180 e. The summed E-state index contributed by atoms with van der Waals surface area (Å²) in [5.41, 5.74) is -0.415. The van der Waals surface area contributed by atoms with Crippen molar-refractivity contribution in [2.45, 2.75) is 24.7 Å². The van der Waals surface area contributed by atoms with E-state index in [0.717, 1.165) is 12.1 Å². The highest BCUT2D eigenvalue weighted by Gasteiger charge is 2.37. The maximum atomic E-state index is 13.4. The van der Waals surface area contributed by atoms with Crippen LogP contribution in [0.1, 0.15) is 23.7 Å². The molecule has 2 unspecified atom stereocenters. The first-order valence-electron chi connectivity index (χ1n) is 6.12. The molecule has 1 aromatic rings. The van der Waals surface area contributed by atoms with Crippen LogP contribution < -0.4 is 0 Å². The van der Waals surface area contributed by atoms with Crippen LogP contribution in [-0.2, 0) is 14.6 Å². The van der Waals surface area contributed by atoms with Gasteiger partial charge in [-0.25, -0.2) is 17.2 Å². The third kappa shape index (κ3) is 3.04. The van der Waals surface area contributed by atoms with Crippen molar-refractivity contribution in [2.75, 3.05) is 12.4 Å². The molecule has 1 aromatic carbocycles. The van der Waals surface area contributed by atoms with Crippen molar-refractivity contribution in [1.82, 2.24) is 0 Å². The zero-order chi connectivity index (χ0) is 14.9. The monoisotopic (exact) mass is 304 g/mol. The van der Waals surface area contributed by atoms with Crippen LogP contribution in [0.4, 0.5) is 8.78 Å². The molecule has 0 radical (unpaired) electrons. The van der Waals surface area contributed by atoms with Crippen molar-refractivity contribution >= 4 is 15.6 Å². The molecule has 0 bridgehead atoms. The summed E-state index contributed by atoms with van der Waals surface area (Å²) in [6.45, 7) is 1.95. The van der Waals surface area contributed by atoms with Crippen LogP contribution in [0.5, 0.6) is 0 Å². The van der Waals surface area contributed by atoms with E-state index in [4.69, 9.17) is 4.74 Å². The van der Waals surface area contributed by atoms with Gasteiger partial charge in [0.2, 0.25) is 0 Å². The van der Waals surface area contributed by atoms with E-state index in [1.807, 2.05) is 0 Å². The van der Waals surface area contributed by atoms with Crippen molar-refractivity contribution in [3.63, 3.8) is 0 Å². The third-order valence-electron chi connectivity index (χ3n) is 3.33. The number of carbonyl (C=O) groups excluding carboxylic acids is 1. The van der Waals surface area contributed by atoms with E-state index in [1.165, 1.54) is 0 Å². The molecule has 2 rings (SSSR count). The predicted octanol–water partition coefficient (Wildman–Crippen LogP) is 1.74. The molecular weight excluding hydrogens is 290 g/mol. The molecule has 1 aliphatic heterocycles. The summed E-state index contributed by atoms with van der Waals surface area (Å²) >= 11 is 0. The minimum Gasteiger partial charge on any atom is -0.377 e. The first-order valence-corrected chi connectivity index (χ1v) is 7.84. The molecule has 20 heavy (non-hydrogen) atoms. The second-order valence-corrected chi connectivity index (χ2v) is 6.98. The Morgan fingerprint density at radius 1 is 1.40 bits per heavy atom. The zero-order valence-electron chi connectivity index (χ0n) is 10.8. The van der Waals surface area contributed by atoms with Crippen LogP contribution in [-0.4, -0.2) is 37.9 Å². The number of benzene rings is 1. The van der Waals surface area contributed by atoms with Gasteiger partial charge in [-0.1, -0.05) is 0 Å². The normalized spacial score (nSPS) is 22.9. The molecule has 7 heteroatoms. The lowest BCUT2D eigenvalue weighted by molar-refractivity contribution is 0.101. The van der Waals surface area contributed by atoms with Gasteiger partial charge in [-0.15, -0.1) is 0 Å². The van der Waals surface area contributed by atoms with E-state index in [0.29, 0.717) is 19.1 Å². The van der Waals surface area contributed by atoms with E-state index in [2.05, 4.69) is 0 Å². The molecular formula is C13H14F2O4S. The van der Waals surface area contributed by atoms with Crippen molar-refractivity contribution in [3.05, 3.63) is 35.4 Å². The molecule has 1 aliphatic rings. The van der Waals surface area contributed by atoms with Crippen molar-refractivity contribution < 1.29 is 26.7 Å². The van der Waals surface area contributed by atoms with Gasteiger partial charge < -0.3 is 4.74 Å². The van der Waals surface area contributed by atoms with Gasteiger partial charge in [0.05, 0.1) is 16.9 Å². The Morgan fingerprint density at radius 3 is 2.65 bits per heavy atom. The summed E-state index contributed by atoms with van der Waals surface area (Å²) in [5.74, 6) is -3.55. The predicted molar refractivity (Wildman–Crippen MR) is 68.3 cm³/mol. The highest BCUT2D eigenvalue weighted by Crippen LogP contribution is 2.22. The lowest BCUT2D eigenvalue weighted by Crippen LogP contribution is -2.33. The second kappa shape index (κ2) is 5.57. The average Bonchev–Trinajstić information content (AvgIpc) is 2.75. The van der Waals surface area contributed by atoms with E-state index in [9.17, 15) is 22.0 Å². The van der Waals surface area contributed by atoms with Gasteiger partial charge in [-0.05, 0) is 25.5 Å². The Morgan fingerprint density at radius 2 is 2.10 bits per heavy atom. The van der Waals surface area contributed by atoms with E-state index < -0.39 is 49.9 Å². The van der Waals surface area contributed by atoms with Gasteiger partial charge in [0.15, 0.2) is 15.6 Å². The number of hydrogen-bond donors (Lipinski definition) is 0. The summed E-state index contributed by atoms with van der Waals surface area (Å²) < 4.78 is 55.6. The van der Waals surface area contributed by atoms with Crippen LogP contribution >= 0.6 is 0 Å². The zero-order valence-corrected chi connectivity index (χ0v) is 11.6. The Labute approximate surface area is 115 Å². The molecule has 4 nitrogen and oxygen atoms in total. The number of rotatable bonds is 4. The van der Waals surface area contributed by atoms with Crippen LogP contribution in [0.25, 0.3) is 0 Å². The second-order valence-electron chi connectivity index (χ2n) is 4.76. The first-order chi connectivity index (χ1) is 9.31. The Kier molecular flexibility index (Phi) is 4.19. The molecule has 0 saturated carbocycles. The highest BCUT2D eigenvalue weighted by atomic mass is 32.2. The SMILES string of the molecule is CC1OCCC1S(=O)(=O)CC(=O)c1ccc(F)cc1F. The number of Topliss-reactive ketones (excluding diaryl/α,β-unsaturated/α-hetero) is 1. The standard InChI is InChI=1S/C13H14F2O4S/c1-8-13(4-5-19-8)20(17,18)7-12(16)10-3-2-9(14)6-11(10)15/h2-3,6,8,13H,4-5,7H2,1H3. The number of ketones is 1. The first kappa shape index (κ1) is 15.1. The summed E-state index contributed by atoms with van der Waals surface area (Å²) in [7, 11) is -3.72. The summed E-state index contributed by atoms with van der Waals surface area (Å²) in [4.78, 5) is 11.9. The Balaban J connectivity index is 2.18. The van der Waals surface area contributed by atoms with Gasteiger partial charge in [-0.2, -0.15) is 0 Å². The topological polar surface area (TPSA) is 60.4 Å². The van der Waals surface area contributed by atoms with Gasteiger partial charge >= 0.3 is 0 Å². The number of ether oxygens (including phenoxy) is 1. The molecule has 0 aliphatic carbocycles. The fraction of sp³-hybridized carbons (Fsp3) is 0.462. The van der Waals surface area contributed by atoms with E-state index in [1.54, 1.807) is 6.92 Å². The minimum atomic E-state index is -3.72. The third-order valence-corrected chi connectivity index (χ3v) is 5.54. The lowest BCUT2D eigenvalue weighted by atomic mass is 10.1. The molecule has 1 saturated heterocycles. The largest absolute Gasteiger partial charge is 0.377 e. The van der Waals surface area contributed by atoms with Crippen molar-refractivity contribution in [3.8, 4) is 0 Å². The summed E-state index contributed by atoms with van der Waals surface area (Å²) in [6, 6.07) is 2.43. The van der Waals surface area contributed by atoms with Gasteiger partial charge in [0.25, 0.3) is 0 Å². The quantitative estimate of drug-likeness (QED) is 0.795. The lowest BCUT2D eigenvalue weighted by Gasteiger charge is -2.14. The van der Waals surface area contributed by atoms with Crippen molar-refractivity contribution in [1.29, 1.82) is 0 Å². The fourth-order valence-corrected chi connectivity index (χ4v) is 4.12.